The van der Waals surface area contributed by atoms with Crippen molar-refractivity contribution in [1.82, 2.24) is 0 Å². The van der Waals surface area contributed by atoms with Crippen LogP contribution in [-0.4, -0.2) is 19.1 Å². The number of carbonyl (C=O) groups is 1. The molecule has 0 bridgehead atoms. The molecular formula is C24H22F2O3Si. The predicted molar refractivity (Wildman–Crippen MR) is 115 cm³/mol. The summed E-state index contributed by atoms with van der Waals surface area (Å²) in [6.07, 6.45) is 0. The smallest absolute Gasteiger partial charge is 0.302 e. The van der Waals surface area contributed by atoms with Gasteiger partial charge in [0.1, 0.15) is 18.2 Å². The lowest BCUT2D eigenvalue weighted by Crippen LogP contribution is -2.66. The van der Waals surface area contributed by atoms with Gasteiger partial charge >= 0.3 is 5.97 Å². The maximum absolute atomic E-state index is 14.4. The molecule has 0 saturated heterocycles. The quantitative estimate of drug-likeness (QED) is 0.360. The Bertz CT molecular complexity index is 1070. The number of aliphatic hydroxyl groups excluding tert-OH is 1. The van der Waals surface area contributed by atoms with Crippen molar-refractivity contribution >= 4 is 29.6 Å². The normalized spacial score (nSPS) is 12.8. The molecule has 0 aliphatic heterocycles. The third kappa shape index (κ3) is 4.10. The number of esters is 1. The van der Waals surface area contributed by atoms with Gasteiger partial charge in [-0.1, -0.05) is 60.3 Å². The molecule has 0 saturated carbocycles. The van der Waals surface area contributed by atoms with Crippen molar-refractivity contribution in [1.29, 1.82) is 0 Å². The van der Waals surface area contributed by atoms with E-state index in [1.807, 2.05) is 36.0 Å². The van der Waals surface area contributed by atoms with E-state index in [1.165, 1.54) is 19.1 Å². The summed E-state index contributed by atoms with van der Waals surface area (Å²) in [6.45, 7) is 4.74. The molecule has 6 heteroatoms. The second kappa shape index (κ2) is 9.15. The summed E-state index contributed by atoms with van der Waals surface area (Å²) in [5, 5.41) is 12.2. The van der Waals surface area contributed by atoms with Crippen molar-refractivity contribution in [2.75, 3.05) is 0 Å². The Kier molecular flexibility index (Phi) is 6.59. The van der Waals surface area contributed by atoms with Crippen LogP contribution < -0.4 is 15.6 Å². The summed E-state index contributed by atoms with van der Waals surface area (Å²) >= 11 is 0. The van der Waals surface area contributed by atoms with Gasteiger partial charge < -0.3 is 9.84 Å². The maximum Gasteiger partial charge on any atom is 0.302 e. The number of rotatable bonds is 7. The van der Waals surface area contributed by atoms with Gasteiger partial charge in [-0.2, -0.15) is 0 Å². The molecule has 0 aliphatic carbocycles. The number of benzene rings is 3. The average Bonchev–Trinajstić information content (AvgIpc) is 2.76. The third-order valence-corrected chi connectivity index (χ3v) is 9.44. The van der Waals surface area contributed by atoms with Crippen LogP contribution in [0.4, 0.5) is 8.78 Å². The number of hydrogen-bond donors (Lipinski definition) is 1. The fourth-order valence-corrected chi connectivity index (χ4v) is 7.53. The van der Waals surface area contributed by atoms with Gasteiger partial charge in [0, 0.05) is 18.1 Å². The Labute approximate surface area is 175 Å². The lowest BCUT2D eigenvalue weighted by molar-refractivity contribution is -0.142. The maximum atomic E-state index is 14.4. The Morgan fingerprint density at radius 1 is 0.967 bits per heavy atom. The van der Waals surface area contributed by atoms with Crippen LogP contribution in [0.3, 0.4) is 0 Å². The molecule has 30 heavy (non-hydrogen) atoms. The van der Waals surface area contributed by atoms with Gasteiger partial charge in [-0.25, -0.2) is 8.78 Å². The summed E-state index contributed by atoms with van der Waals surface area (Å²) in [4.78, 5) is 11.2. The van der Waals surface area contributed by atoms with Crippen LogP contribution in [0.1, 0.15) is 18.1 Å². The van der Waals surface area contributed by atoms with E-state index in [9.17, 15) is 18.7 Å². The molecular weight excluding hydrogens is 402 g/mol. The molecule has 3 rings (SSSR count). The van der Waals surface area contributed by atoms with Crippen LogP contribution in [0.15, 0.2) is 79.0 Å². The zero-order valence-corrected chi connectivity index (χ0v) is 17.6. The Balaban J connectivity index is 2.27. The molecule has 0 fully saturated rings. The molecule has 3 aromatic rings. The molecule has 3 aromatic carbocycles. The summed E-state index contributed by atoms with van der Waals surface area (Å²) in [5.74, 6) is -1.47. The highest BCUT2D eigenvalue weighted by molar-refractivity contribution is 7.14. The zero-order chi connectivity index (χ0) is 21.7. The van der Waals surface area contributed by atoms with Gasteiger partial charge in [0.05, 0.1) is 6.61 Å². The van der Waals surface area contributed by atoms with Crippen LogP contribution in [-0.2, 0) is 22.7 Å². The Hall–Kier alpha value is -3.09. The van der Waals surface area contributed by atoms with Crippen LogP contribution in [0.5, 0.6) is 0 Å². The highest BCUT2D eigenvalue weighted by Crippen LogP contribution is 2.15. The van der Waals surface area contributed by atoms with Crippen LogP contribution in [0.2, 0.25) is 0 Å². The monoisotopic (exact) mass is 424 g/mol. The lowest BCUT2D eigenvalue weighted by atomic mass is 10.2. The summed E-state index contributed by atoms with van der Waals surface area (Å²) in [7, 11) is -2.90. The molecule has 3 nitrogen and oxygen atoms in total. The molecule has 0 aliphatic rings. The molecule has 0 heterocycles. The van der Waals surface area contributed by atoms with E-state index in [4.69, 9.17) is 4.74 Å². The highest BCUT2D eigenvalue weighted by Gasteiger charge is 2.37. The molecule has 1 atom stereocenters. The minimum Gasteiger partial charge on any atom is -0.461 e. The van der Waals surface area contributed by atoms with Crippen molar-refractivity contribution in [3.8, 4) is 0 Å². The molecule has 1 unspecified atom stereocenters. The largest absolute Gasteiger partial charge is 0.461 e. The standard InChI is InChI=1S/C24H22F2O3Si/c1-3-30(20-7-5-4-6-8-20,21-9-11-23(25)18(13-21)15-27)22-10-12-24(26)19(14-22)16-29-17(2)28/h3-14,27H,1,15-16H2,2H3. The Morgan fingerprint density at radius 2 is 1.53 bits per heavy atom. The third-order valence-electron chi connectivity index (χ3n) is 5.14. The first-order valence-corrected chi connectivity index (χ1v) is 11.5. The molecule has 0 radical (unpaired) electrons. The van der Waals surface area contributed by atoms with E-state index in [0.29, 0.717) is 0 Å². The second-order valence-electron chi connectivity index (χ2n) is 6.93. The van der Waals surface area contributed by atoms with Gasteiger partial charge in [-0.15, -0.1) is 6.58 Å². The fourth-order valence-electron chi connectivity index (χ4n) is 3.61. The number of hydrogen-bond acceptors (Lipinski definition) is 3. The van der Waals surface area contributed by atoms with Gasteiger partial charge in [-0.3, -0.25) is 4.79 Å². The first-order valence-electron chi connectivity index (χ1n) is 9.43. The van der Waals surface area contributed by atoms with Crippen molar-refractivity contribution in [3.63, 3.8) is 0 Å². The number of aliphatic hydroxyl groups is 1. The summed E-state index contributed by atoms with van der Waals surface area (Å²) in [5.41, 5.74) is 2.28. The van der Waals surface area contributed by atoms with Gasteiger partial charge in [-0.05, 0) is 27.7 Å². The average molecular weight is 425 g/mol. The molecule has 0 amide bonds. The second-order valence-corrected chi connectivity index (χ2v) is 10.7. The van der Waals surface area contributed by atoms with E-state index in [-0.39, 0.29) is 17.7 Å². The van der Waals surface area contributed by atoms with Gasteiger partial charge in [0.2, 0.25) is 0 Å². The Morgan fingerprint density at radius 3 is 2.07 bits per heavy atom. The molecule has 1 N–H and O–H groups in total. The SMILES string of the molecule is C=C[Si](c1ccccc1)(c1ccc(F)c(CO)c1)c1ccc(F)c(COC(C)=O)c1. The van der Waals surface area contributed by atoms with Crippen molar-refractivity contribution in [3.05, 3.63) is 102 Å². The van der Waals surface area contributed by atoms with E-state index in [1.54, 1.807) is 24.3 Å². The van der Waals surface area contributed by atoms with E-state index < -0.39 is 32.3 Å². The minimum absolute atomic E-state index is 0.184. The topological polar surface area (TPSA) is 46.5 Å². The predicted octanol–water partition coefficient (Wildman–Crippen LogP) is 2.72. The lowest BCUT2D eigenvalue weighted by Gasteiger charge is -2.31. The van der Waals surface area contributed by atoms with Crippen LogP contribution in [0, 0.1) is 11.6 Å². The first-order chi connectivity index (χ1) is 14.4. The van der Waals surface area contributed by atoms with Gasteiger partial charge in [0.15, 0.2) is 8.07 Å². The van der Waals surface area contributed by atoms with Crippen LogP contribution >= 0.6 is 0 Å². The zero-order valence-electron chi connectivity index (χ0n) is 16.6. The molecule has 0 spiro atoms. The van der Waals surface area contributed by atoms with Crippen molar-refractivity contribution in [2.45, 2.75) is 20.1 Å². The fraction of sp³-hybridized carbons (Fsp3) is 0.125. The number of carbonyl (C=O) groups excluding carboxylic acids is 1. The minimum atomic E-state index is -2.90. The summed E-state index contributed by atoms with van der Waals surface area (Å²) < 4.78 is 33.5. The molecule has 154 valence electrons. The van der Waals surface area contributed by atoms with Crippen molar-refractivity contribution < 1.29 is 23.4 Å². The number of halogens is 2. The van der Waals surface area contributed by atoms with Crippen molar-refractivity contribution in [2.24, 2.45) is 0 Å². The number of ether oxygens (including phenoxy) is 1. The summed E-state index contributed by atoms with van der Waals surface area (Å²) in [6, 6.07) is 19.0. The van der Waals surface area contributed by atoms with Gasteiger partial charge in [0.25, 0.3) is 0 Å². The van der Waals surface area contributed by atoms with Crippen LogP contribution in [0.25, 0.3) is 0 Å². The van der Waals surface area contributed by atoms with E-state index >= 15 is 0 Å². The van der Waals surface area contributed by atoms with E-state index in [0.717, 1.165) is 15.6 Å². The molecule has 0 aromatic heterocycles. The first kappa shape index (κ1) is 21.6. The highest BCUT2D eigenvalue weighted by atomic mass is 28.3. The van der Waals surface area contributed by atoms with E-state index in [2.05, 4.69) is 6.58 Å².